The molecule has 40 heavy (non-hydrogen) atoms. The summed E-state index contributed by atoms with van der Waals surface area (Å²) in [5.41, 5.74) is 6.01. The lowest BCUT2D eigenvalue weighted by Crippen LogP contribution is -2.22. The van der Waals surface area contributed by atoms with Crippen LogP contribution in [0.4, 0.5) is 19.4 Å². The van der Waals surface area contributed by atoms with Gasteiger partial charge in [-0.3, -0.25) is 0 Å². The van der Waals surface area contributed by atoms with E-state index in [1.54, 1.807) is 26.8 Å². The third-order valence-electron chi connectivity index (χ3n) is 5.09. The lowest BCUT2D eigenvalue weighted by Gasteiger charge is -2.17. The zero-order valence-electron chi connectivity index (χ0n) is 22.6. The molecule has 2 N–H and O–H groups in total. The van der Waals surface area contributed by atoms with E-state index in [-0.39, 0.29) is 47.1 Å². The molecule has 1 unspecified atom stereocenters. The Balaban J connectivity index is 1.52. The van der Waals surface area contributed by atoms with Gasteiger partial charge in [-0.15, -0.1) is 4.36 Å². The molecule has 3 aromatic rings. The van der Waals surface area contributed by atoms with E-state index in [4.69, 9.17) is 31.5 Å². The van der Waals surface area contributed by atoms with Gasteiger partial charge in [-0.2, -0.15) is 0 Å². The van der Waals surface area contributed by atoms with Crippen molar-refractivity contribution in [2.75, 3.05) is 25.2 Å². The molecule has 1 aromatic carbocycles. The fraction of sp³-hybridized carbons (Fsp3) is 0.370. The van der Waals surface area contributed by atoms with Crippen LogP contribution in [-0.4, -0.2) is 45.3 Å². The van der Waals surface area contributed by atoms with E-state index >= 15 is 0 Å². The Bertz CT molecular complexity index is 1490. The molecule has 2 heterocycles. The Hall–Kier alpha value is -3.51. The van der Waals surface area contributed by atoms with Crippen LogP contribution in [0.1, 0.15) is 39.2 Å². The second kappa shape index (κ2) is 13.2. The first-order valence-corrected chi connectivity index (χ1v) is 14.7. The maximum Gasteiger partial charge on any atom is 0.442 e. The van der Waals surface area contributed by atoms with Gasteiger partial charge < -0.3 is 19.9 Å². The zero-order chi connectivity index (χ0) is 29.5. The lowest BCUT2D eigenvalue weighted by atomic mass is 10.1. The number of carbonyl (C=O) groups is 1. The van der Waals surface area contributed by atoms with E-state index < -0.39 is 33.1 Å². The molecule has 0 bridgehead atoms. The maximum absolute atomic E-state index is 14.2. The Morgan fingerprint density at radius 2 is 1.77 bits per heavy atom. The topological polar surface area (TPSA) is 126 Å². The second-order valence-corrected chi connectivity index (χ2v) is 12.7. The minimum Gasteiger partial charge on any atom is -0.490 e. The Morgan fingerprint density at radius 1 is 1.07 bits per heavy atom. The number of aromatic nitrogens is 2. The fourth-order valence-electron chi connectivity index (χ4n) is 3.48. The lowest BCUT2D eigenvalue weighted by molar-refractivity contribution is 0.0607. The number of halogens is 3. The number of anilines is 1. The maximum atomic E-state index is 14.2. The number of nitrogens with zero attached hydrogens (tertiary/aromatic N) is 3. The van der Waals surface area contributed by atoms with Crippen LogP contribution in [-0.2, 0) is 20.2 Å². The van der Waals surface area contributed by atoms with Crippen molar-refractivity contribution in [3.8, 4) is 22.8 Å². The van der Waals surface area contributed by atoms with Crippen LogP contribution in [0, 0.1) is 11.6 Å². The van der Waals surface area contributed by atoms with E-state index in [0.717, 1.165) is 6.20 Å². The van der Waals surface area contributed by atoms with Crippen molar-refractivity contribution in [3.05, 3.63) is 64.9 Å². The summed E-state index contributed by atoms with van der Waals surface area (Å²) in [4.78, 5) is 19.8. The third-order valence-corrected chi connectivity index (χ3v) is 6.69. The van der Waals surface area contributed by atoms with Crippen molar-refractivity contribution in [2.24, 2.45) is 4.36 Å². The number of pyridine rings is 2. The van der Waals surface area contributed by atoms with Gasteiger partial charge in [-0.05, 0) is 69.0 Å². The quantitative estimate of drug-likeness (QED) is 0.210. The summed E-state index contributed by atoms with van der Waals surface area (Å²) in [5, 5.41) is 0.131. The molecule has 0 radical (unpaired) electrons. The number of nitrogens with two attached hydrogens (primary N) is 1. The highest BCUT2D eigenvalue weighted by molar-refractivity contribution is 7.92. The third kappa shape index (κ3) is 9.91. The van der Waals surface area contributed by atoms with Crippen LogP contribution in [0.15, 0.2) is 47.0 Å². The van der Waals surface area contributed by atoms with Gasteiger partial charge in [-0.1, -0.05) is 17.7 Å². The van der Waals surface area contributed by atoms with Gasteiger partial charge in [0, 0.05) is 17.9 Å². The summed E-state index contributed by atoms with van der Waals surface area (Å²) < 4.78 is 61.3. The van der Waals surface area contributed by atoms with Gasteiger partial charge in [0.05, 0.1) is 34.9 Å². The number of amides is 1. The number of hydrogen-bond acceptors (Lipinski definition) is 8. The van der Waals surface area contributed by atoms with E-state index in [0.29, 0.717) is 24.0 Å². The first-order valence-electron chi connectivity index (χ1n) is 12.3. The van der Waals surface area contributed by atoms with Gasteiger partial charge in [0.25, 0.3) is 0 Å². The average molecular weight is 597 g/mol. The molecular weight excluding hydrogens is 566 g/mol. The van der Waals surface area contributed by atoms with Gasteiger partial charge in [-0.25, -0.2) is 27.8 Å². The van der Waals surface area contributed by atoms with E-state index in [1.807, 2.05) is 0 Å². The van der Waals surface area contributed by atoms with Crippen molar-refractivity contribution in [2.45, 2.75) is 45.0 Å². The Morgan fingerprint density at radius 3 is 2.48 bits per heavy atom. The van der Waals surface area contributed by atoms with Crippen LogP contribution in [0.25, 0.3) is 11.1 Å². The molecule has 0 fully saturated rings. The summed E-state index contributed by atoms with van der Waals surface area (Å²) in [6.07, 6.45) is 2.52. The highest BCUT2D eigenvalue weighted by atomic mass is 35.5. The minimum absolute atomic E-state index is 0.0192. The SMILES string of the molecule is CC(C)(C)OC(=O)N=S(C)(=O)Cc1cc(Cl)nc(OCCCCOc2cc(-c3cc(N)ncc3F)ccc2F)c1. The average Bonchev–Trinajstić information content (AvgIpc) is 2.81. The van der Waals surface area contributed by atoms with Crippen molar-refractivity contribution < 1.29 is 32.0 Å². The first kappa shape index (κ1) is 31.0. The molecule has 2 aromatic heterocycles. The van der Waals surface area contributed by atoms with Gasteiger partial charge in [0.15, 0.2) is 11.6 Å². The van der Waals surface area contributed by atoms with Crippen LogP contribution in [0.2, 0.25) is 5.15 Å². The number of hydrogen-bond donors (Lipinski definition) is 1. The minimum atomic E-state index is -2.95. The molecule has 3 rings (SSSR count). The summed E-state index contributed by atoms with van der Waals surface area (Å²) in [6, 6.07) is 8.49. The summed E-state index contributed by atoms with van der Waals surface area (Å²) >= 11 is 6.10. The van der Waals surface area contributed by atoms with Crippen LogP contribution >= 0.6 is 11.6 Å². The van der Waals surface area contributed by atoms with Gasteiger partial charge >= 0.3 is 6.09 Å². The Kier molecular flexibility index (Phi) is 10.3. The first-order chi connectivity index (χ1) is 18.7. The number of ether oxygens (including phenoxy) is 3. The number of nitrogen functional groups attached to an aromatic ring is 1. The number of unbranched alkanes of at least 4 members (excludes halogenated alkanes) is 1. The van der Waals surface area contributed by atoms with Crippen molar-refractivity contribution >= 4 is 33.2 Å². The van der Waals surface area contributed by atoms with Crippen molar-refractivity contribution in [1.29, 1.82) is 0 Å². The highest BCUT2D eigenvalue weighted by Crippen LogP contribution is 2.29. The molecule has 0 aliphatic heterocycles. The molecule has 13 heteroatoms. The standard InChI is InChI=1S/C27H31ClF2N4O5S/c1-27(2,3)39-26(35)34-40(4,36)16-17-11-23(28)33-25(12-17)38-10-6-5-9-37-22-13-18(7-8-20(22)29)19-14-24(31)32-15-21(19)30/h7-8,11-15H,5-6,9-10,16H2,1-4H3,(H2,31,32). The molecule has 0 saturated carbocycles. The Labute approximate surface area is 237 Å². The molecule has 0 aliphatic rings. The fourth-order valence-corrected chi connectivity index (χ4v) is 4.91. The predicted octanol–water partition coefficient (Wildman–Crippen LogP) is 6.43. The van der Waals surface area contributed by atoms with Crippen LogP contribution in [0.5, 0.6) is 11.6 Å². The number of rotatable bonds is 10. The molecular formula is C27H31ClF2N4O5S. The summed E-state index contributed by atoms with van der Waals surface area (Å²) in [7, 11) is -2.95. The molecule has 0 saturated heterocycles. The second-order valence-electron chi connectivity index (χ2n) is 9.95. The molecule has 1 atom stereocenters. The number of carbonyl (C=O) groups excluding carboxylic acids is 1. The number of benzene rings is 1. The highest BCUT2D eigenvalue weighted by Gasteiger charge is 2.18. The predicted molar refractivity (Wildman–Crippen MR) is 150 cm³/mol. The van der Waals surface area contributed by atoms with E-state index in [9.17, 15) is 17.8 Å². The van der Waals surface area contributed by atoms with Crippen LogP contribution < -0.4 is 15.2 Å². The monoisotopic (exact) mass is 596 g/mol. The smallest absolute Gasteiger partial charge is 0.442 e. The van der Waals surface area contributed by atoms with Crippen molar-refractivity contribution in [3.63, 3.8) is 0 Å². The molecule has 9 nitrogen and oxygen atoms in total. The molecule has 216 valence electrons. The molecule has 0 aliphatic carbocycles. The van der Waals surface area contributed by atoms with Crippen LogP contribution in [0.3, 0.4) is 0 Å². The summed E-state index contributed by atoms with van der Waals surface area (Å²) in [5.74, 6) is -0.880. The van der Waals surface area contributed by atoms with Crippen molar-refractivity contribution in [1.82, 2.24) is 9.97 Å². The summed E-state index contributed by atoms with van der Waals surface area (Å²) in [6.45, 7) is 5.51. The van der Waals surface area contributed by atoms with E-state index in [2.05, 4.69) is 14.3 Å². The van der Waals surface area contributed by atoms with Gasteiger partial charge in [0.1, 0.15) is 22.4 Å². The zero-order valence-corrected chi connectivity index (χ0v) is 24.2. The van der Waals surface area contributed by atoms with E-state index in [1.165, 1.54) is 36.6 Å². The van der Waals surface area contributed by atoms with Gasteiger partial charge in [0.2, 0.25) is 5.88 Å². The molecule has 1 amide bonds. The normalized spacial score (nSPS) is 12.9. The largest absolute Gasteiger partial charge is 0.490 e. The molecule has 0 spiro atoms.